The smallest absolute Gasteiger partial charge is 0.411 e. The van der Waals surface area contributed by atoms with Crippen molar-refractivity contribution in [3.05, 3.63) is 125 Å². The molecule has 114 heavy (non-hydrogen) atoms. The van der Waals surface area contributed by atoms with Gasteiger partial charge in [0.15, 0.2) is 6.10 Å². The maximum atomic E-state index is 14.4. The van der Waals surface area contributed by atoms with E-state index in [9.17, 15) is 73.5 Å². The van der Waals surface area contributed by atoms with Crippen LogP contribution in [0.25, 0.3) is 22.5 Å². The molecule has 1 saturated heterocycles. The van der Waals surface area contributed by atoms with E-state index < -0.39 is 137 Å². The van der Waals surface area contributed by atoms with Crippen LogP contribution in [-0.2, 0) is 94.3 Å². The number of aryl methyl sites for hydroxylation is 1. The standard InChI is InChI=1S/C82H114N12O20/c1-47(2)58(40-48(3)75(105)106)92(14)74(104)71(79(4,5)6)89-73(103)70(83-13)82(11,12)52-25-23-26-53(42-52)87-78(109)111-46-49-32-33-59(113-77-68(101)66(99)67(100)69(114-77)76(107)108)51(41-49)43-85-61(96)35-38-84-72(102)56(44-86-60(95)34-36-81(9,10)112-39-37-80(7,8)110-16)88-62(97)30-21-22-31-63(98)94-45-50-24-17-18-27-54(50)65-64(90-91-93(65)15)55-28-19-20-29-57(55)94/h17-20,23-29,32-33,40-42,47,56,58,66-71,77,83,99-101H,21-22,30-31,34-39,43-46H2,1-16H3,(H,84,102)(H,85,96)(H,86,95)(H,87,109)(H,88,97)(H,89,103)(H,105,106)(H,107,108)/b48-40+/t56-,58+,66-,67-,68+,69-,70+,71+,77+/m0/s1. The van der Waals surface area contributed by atoms with Crippen molar-refractivity contribution in [1.82, 2.24) is 51.8 Å². The molecule has 5 aromatic rings. The first kappa shape index (κ1) is 91.0. The molecule has 1 fully saturated rings. The molecule has 7 rings (SSSR count). The van der Waals surface area contributed by atoms with Gasteiger partial charge in [-0.3, -0.25) is 38.9 Å². The average molecular weight is 1590 g/mol. The molecule has 0 saturated carbocycles. The zero-order chi connectivity index (χ0) is 84.3. The van der Waals surface area contributed by atoms with Crippen molar-refractivity contribution < 1.29 is 97.2 Å². The van der Waals surface area contributed by atoms with Gasteiger partial charge in [0.25, 0.3) is 0 Å². The predicted molar refractivity (Wildman–Crippen MR) is 423 cm³/mol. The number of nitrogens with zero attached hydrogens (tertiary/aromatic N) is 5. The van der Waals surface area contributed by atoms with Crippen LogP contribution in [0.5, 0.6) is 5.75 Å². The number of fused-ring (bicyclic) bond motifs is 5. The van der Waals surface area contributed by atoms with E-state index in [4.69, 9.17) is 23.7 Å². The number of carboxylic acids is 2. The minimum atomic E-state index is -2.04. The third-order valence-electron chi connectivity index (χ3n) is 20.5. The highest BCUT2D eigenvalue weighted by atomic mass is 16.7. The van der Waals surface area contributed by atoms with Crippen molar-refractivity contribution in [2.75, 3.05) is 51.1 Å². The van der Waals surface area contributed by atoms with E-state index in [1.54, 1.807) is 55.1 Å². The van der Waals surface area contributed by atoms with Crippen LogP contribution in [0.3, 0.4) is 0 Å². The molecular formula is C82H114N12O20. The number of aliphatic hydroxyl groups excluding tert-OH is 3. The Balaban J connectivity index is 1.01. The molecule has 4 aromatic carbocycles. The summed E-state index contributed by atoms with van der Waals surface area (Å²) in [7, 11) is 6.61. The molecule has 0 radical (unpaired) electrons. The first-order chi connectivity index (χ1) is 53.6. The molecule has 1 aromatic heterocycles. The van der Waals surface area contributed by atoms with Crippen LogP contribution >= 0.6 is 0 Å². The minimum absolute atomic E-state index is 0.00808. The monoisotopic (exact) mass is 1590 g/mol. The molecular weight excluding hydrogens is 1470 g/mol. The fourth-order valence-corrected chi connectivity index (χ4v) is 13.3. The Hall–Kier alpha value is -10.2. The van der Waals surface area contributed by atoms with Gasteiger partial charge < -0.3 is 90.9 Å². The molecule has 32 nitrogen and oxygen atoms in total. The average Bonchev–Trinajstić information content (AvgIpc) is 1.51. The Morgan fingerprint density at radius 3 is 2.07 bits per heavy atom. The van der Waals surface area contributed by atoms with Gasteiger partial charge in [-0.2, -0.15) is 0 Å². The van der Waals surface area contributed by atoms with Crippen molar-refractivity contribution >= 4 is 70.8 Å². The summed E-state index contributed by atoms with van der Waals surface area (Å²) in [5, 5.41) is 79.8. The number of hydrogen-bond acceptors (Lipinski definition) is 21. The first-order valence-electron chi connectivity index (χ1n) is 38.2. The van der Waals surface area contributed by atoms with E-state index in [1.807, 2.05) is 132 Å². The van der Waals surface area contributed by atoms with E-state index >= 15 is 0 Å². The zero-order valence-corrected chi connectivity index (χ0v) is 68.0. The molecule has 622 valence electrons. The number of aliphatic hydroxyl groups is 3. The summed E-state index contributed by atoms with van der Waals surface area (Å²) >= 11 is 0. The minimum Gasteiger partial charge on any atom is -0.479 e. The van der Waals surface area contributed by atoms with Gasteiger partial charge in [0, 0.05) is 99.9 Å². The van der Waals surface area contributed by atoms with Crippen molar-refractivity contribution in [3.63, 3.8) is 0 Å². The van der Waals surface area contributed by atoms with Gasteiger partial charge in [-0.15, -0.1) is 5.10 Å². The molecule has 0 bridgehead atoms. The number of aromatic nitrogens is 3. The number of rotatable bonds is 38. The molecule has 12 N–H and O–H groups in total. The number of nitrogens with one attached hydrogen (secondary N) is 7. The van der Waals surface area contributed by atoms with E-state index in [-0.39, 0.29) is 92.7 Å². The summed E-state index contributed by atoms with van der Waals surface area (Å²) in [5.74, 6) is -6.55. The van der Waals surface area contributed by atoms with Crippen LogP contribution in [0.2, 0.25) is 0 Å². The fraction of sp³-hybridized carbons (Fsp3) is 0.537. The summed E-state index contributed by atoms with van der Waals surface area (Å²) in [6.45, 7) is 21.1. The van der Waals surface area contributed by atoms with Crippen molar-refractivity contribution in [2.24, 2.45) is 18.4 Å². The summed E-state index contributed by atoms with van der Waals surface area (Å²) < 4.78 is 30.3. The lowest BCUT2D eigenvalue weighted by Gasteiger charge is -2.40. The maximum Gasteiger partial charge on any atom is 0.411 e. The molecule has 2 aliphatic rings. The highest BCUT2D eigenvalue weighted by Gasteiger charge is 2.49. The summed E-state index contributed by atoms with van der Waals surface area (Å²) in [4.78, 5) is 139. The molecule has 8 amide bonds. The largest absolute Gasteiger partial charge is 0.479 e. The number of para-hydroxylation sites is 1. The van der Waals surface area contributed by atoms with Crippen molar-refractivity contribution in [2.45, 2.75) is 226 Å². The van der Waals surface area contributed by atoms with Gasteiger partial charge in [-0.05, 0) is 126 Å². The zero-order valence-electron chi connectivity index (χ0n) is 68.0. The Kier molecular flexibility index (Phi) is 32.1. The van der Waals surface area contributed by atoms with Gasteiger partial charge in [-0.1, -0.05) is 120 Å². The number of methoxy groups -OCH3 is 1. The van der Waals surface area contributed by atoms with Crippen molar-refractivity contribution in [1.29, 1.82) is 0 Å². The third kappa shape index (κ3) is 24.7. The lowest BCUT2D eigenvalue weighted by Crippen LogP contribution is -2.61. The fourth-order valence-electron chi connectivity index (χ4n) is 13.3. The highest BCUT2D eigenvalue weighted by molar-refractivity contribution is 6.00. The number of carbonyl (C=O) groups is 10. The Labute approximate surface area is 665 Å². The molecule has 3 heterocycles. The van der Waals surface area contributed by atoms with Gasteiger partial charge >= 0.3 is 18.0 Å². The van der Waals surface area contributed by atoms with Gasteiger partial charge in [0.05, 0.1) is 47.8 Å². The van der Waals surface area contributed by atoms with Crippen LogP contribution in [0.15, 0.2) is 103 Å². The summed E-state index contributed by atoms with van der Waals surface area (Å²) in [5.41, 5.74) is 3.08. The maximum absolute atomic E-state index is 14.4. The van der Waals surface area contributed by atoms with Gasteiger partial charge in [0.2, 0.25) is 47.6 Å². The van der Waals surface area contributed by atoms with Crippen molar-refractivity contribution in [3.8, 4) is 28.3 Å². The second-order valence-electron chi connectivity index (χ2n) is 32.0. The van der Waals surface area contributed by atoms with Crippen LogP contribution in [-0.4, -0.2) is 212 Å². The highest BCUT2D eigenvalue weighted by Crippen LogP contribution is 2.41. The molecule has 2 aliphatic heterocycles. The summed E-state index contributed by atoms with van der Waals surface area (Å²) in [6.07, 6.45) is -8.25. The lowest BCUT2D eigenvalue weighted by atomic mass is 9.76. The van der Waals surface area contributed by atoms with Crippen LogP contribution in [0, 0.1) is 11.3 Å². The quantitative estimate of drug-likeness (QED) is 0.0152. The molecule has 0 unspecified atom stereocenters. The van der Waals surface area contributed by atoms with Crippen LogP contribution < -0.4 is 46.9 Å². The van der Waals surface area contributed by atoms with E-state index in [0.717, 1.165) is 22.4 Å². The first-order valence-corrected chi connectivity index (χ1v) is 38.2. The number of hydrogen-bond donors (Lipinski definition) is 12. The normalized spacial score (nSPS) is 17.5. The second-order valence-corrected chi connectivity index (χ2v) is 32.0. The van der Waals surface area contributed by atoms with Crippen LogP contribution in [0.1, 0.15) is 157 Å². The third-order valence-corrected chi connectivity index (χ3v) is 20.5. The number of likely N-dealkylation sites (N-methyl/N-ethyl adjacent to an activating group) is 2. The van der Waals surface area contributed by atoms with Crippen LogP contribution in [0.4, 0.5) is 16.2 Å². The number of anilines is 2. The number of carboxylic acid groups (broad SMARTS) is 2. The second kappa shape index (κ2) is 40.2. The Morgan fingerprint density at radius 2 is 1.40 bits per heavy atom. The lowest BCUT2D eigenvalue weighted by molar-refractivity contribution is -0.271. The molecule has 32 heteroatoms. The summed E-state index contributed by atoms with van der Waals surface area (Å²) in [6, 6.07) is 22.2. The van der Waals surface area contributed by atoms with E-state index in [2.05, 4.69) is 47.5 Å². The number of carbonyl (C=O) groups excluding carboxylic acids is 8. The van der Waals surface area contributed by atoms with Gasteiger partial charge in [0.1, 0.15) is 48.4 Å². The van der Waals surface area contributed by atoms with E-state index in [0.29, 0.717) is 48.4 Å². The molecule has 0 spiro atoms. The topological polar surface area (TPSA) is 439 Å². The number of unbranched alkanes of at least 4 members (excludes halogenated alkanes) is 1. The SMILES string of the molecule is CN[C@H](C(=O)N[C@H](C(=O)N(C)[C@H](/C=C(\C)C(=O)O)C(C)C)C(C)(C)C)C(C)(C)c1cccc(NC(=O)OCc2ccc(O[C@@H]3O[C@H](C(=O)O)[C@@H](O)[C@H](O)[C@H]3O)c(CNC(=O)CCNC(=O)[C@H](CNC(=O)CCC(C)(C)OCCC(C)(C)OC)NC(=O)CCCCC(=O)N3Cc4ccccc4-c4c(nnn4C)-c4ccccc43)c2)c1. The van der Waals surface area contributed by atoms with E-state index in [1.165, 1.54) is 36.1 Å². The number of aliphatic carboxylic acids is 2. The molecule has 0 aliphatic carbocycles. The Morgan fingerprint density at radius 1 is 0.728 bits per heavy atom. The molecule has 9 atom stereocenters. The predicted octanol–water partition coefficient (Wildman–Crippen LogP) is 6.30. The number of benzene rings is 4. The van der Waals surface area contributed by atoms with Gasteiger partial charge in [-0.25, -0.2) is 19.1 Å². The number of ether oxygens (including phenoxy) is 5. The Bertz CT molecular complexity index is 4260. The number of amides is 8.